The minimum Gasteiger partial charge on any atom is -0.480 e. The van der Waals surface area contributed by atoms with E-state index in [4.69, 9.17) is 51.6 Å². The molecule has 1 heterocycles. The van der Waals surface area contributed by atoms with Gasteiger partial charge in [-0.2, -0.15) is 12.6 Å². The van der Waals surface area contributed by atoms with E-state index in [-0.39, 0.29) is 128 Å². The molecule has 0 aromatic carbocycles. The van der Waals surface area contributed by atoms with Crippen LogP contribution in [0.3, 0.4) is 0 Å². The van der Waals surface area contributed by atoms with Gasteiger partial charge in [-0.1, -0.05) is 13.8 Å². The quantitative estimate of drug-likeness (QED) is 0.0116. The molecule has 1 saturated heterocycles. The largest absolute Gasteiger partial charge is 0.480 e. The summed E-state index contributed by atoms with van der Waals surface area (Å²) in [5.41, 5.74) is 49.6. The summed E-state index contributed by atoms with van der Waals surface area (Å²) in [6.45, 7) is 1.44. The number of rotatable bonds is 50. The second-order valence-electron chi connectivity index (χ2n) is 23.3. The molecule has 0 aromatic heterocycles. The first-order valence-corrected chi connectivity index (χ1v) is 32.8. The number of carboxylic acid groups (broad SMARTS) is 1. The molecule has 10 atom stereocenters. The van der Waals surface area contributed by atoms with Crippen molar-refractivity contribution in [3.8, 4) is 0 Å². The molecule has 0 saturated carbocycles. The molecule has 0 spiro atoms. The smallest absolute Gasteiger partial charge is 0.326 e. The van der Waals surface area contributed by atoms with Gasteiger partial charge in [0, 0.05) is 25.4 Å². The molecule has 0 aliphatic carbocycles. The van der Waals surface area contributed by atoms with Crippen LogP contribution in [0.5, 0.6) is 0 Å². The number of aliphatic carboxylic acids is 1. The Bertz CT molecular complexity index is 2670. The summed E-state index contributed by atoms with van der Waals surface area (Å²) in [7, 11) is 0. The lowest BCUT2D eigenvalue weighted by molar-refractivity contribution is -0.144. The van der Waals surface area contributed by atoms with Crippen LogP contribution in [0.1, 0.15) is 123 Å². The third kappa shape index (κ3) is 35.2. The number of aliphatic imine (C=N–C) groups is 2. The molecule has 0 bridgehead atoms. The zero-order valence-electron chi connectivity index (χ0n) is 55.2. The number of nitrogens with zero attached hydrogens (tertiary/aromatic N) is 3. The second kappa shape index (κ2) is 48.0. The first-order chi connectivity index (χ1) is 46.0. The molecule has 0 unspecified atom stereocenters. The Labute approximate surface area is 568 Å². The normalized spacial score (nSPS) is 15.3. The Hall–Kier alpha value is -8.73. The summed E-state index contributed by atoms with van der Waals surface area (Å²) in [5, 5.41) is 46.8. The number of primary amides is 1. The number of unbranched alkanes of at least 4 members (excludes halogenated alkanes) is 3. The van der Waals surface area contributed by atoms with Crippen molar-refractivity contribution in [1.82, 2.24) is 63.4 Å². The lowest BCUT2D eigenvalue weighted by Crippen LogP contribution is -2.60. The fourth-order valence-electron chi connectivity index (χ4n) is 9.74. The molecule has 1 rings (SSSR count). The standard InChI is InChI=1S/C57H105N23O16S/c1-31(2)24-37(71-43(83)26-61)51(91)75-33(12-3-6-18-58)49(89)74-35(14-5-8-20-60)50(90)78-38(25-42(62)82)47(87)69-27-44(84)72-39(29-81)52(92)79-40(30-97)53(93)76-34(13-4-7-19-59)48(88)73-32(15-9-21-67-56(63)64)46(86)70-28-45(85)80-23-11-17-41(80)54(94)77-36(55(95)96)16-10-22-68-57(65)66/h31-41,81,97H,3-30,58-61H2,1-2H3,(H2,62,82)(H,69,87)(H,70,86)(H,71,83)(H,72,84)(H,73,88)(H,74,89)(H,75,91)(H,76,93)(H,77,94)(H,78,90)(H,79,92)(H,95,96)(H4,63,64,67)(H4,65,66,68)/t32-,33-,34-,35-,36-,37-,38-,39-,40-,41-/m0/s1. The van der Waals surface area contributed by atoms with Crippen molar-refractivity contribution in [2.24, 2.45) is 67.5 Å². The van der Waals surface area contributed by atoms with Crippen LogP contribution in [-0.4, -0.2) is 241 Å². The molecule has 97 heavy (non-hydrogen) atoms. The summed E-state index contributed by atoms with van der Waals surface area (Å²) >= 11 is 4.19. The molecule has 13 amide bonds. The van der Waals surface area contributed by atoms with Gasteiger partial charge < -0.3 is 125 Å². The molecule has 40 heteroatoms. The van der Waals surface area contributed by atoms with Crippen molar-refractivity contribution in [2.45, 2.75) is 183 Å². The van der Waals surface area contributed by atoms with Crippen molar-refractivity contribution in [3.63, 3.8) is 0 Å². The average molecular weight is 1400 g/mol. The predicted molar refractivity (Wildman–Crippen MR) is 358 cm³/mol. The maximum Gasteiger partial charge on any atom is 0.326 e. The Kier molecular flexibility index (Phi) is 42.7. The Balaban J connectivity index is 3.26. The van der Waals surface area contributed by atoms with Gasteiger partial charge in [0.1, 0.15) is 60.4 Å². The molecule has 0 aromatic rings. The Morgan fingerprint density at radius 2 is 0.887 bits per heavy atom. The summed E-state index contributed by atoms with van der Waals surface area (Å²) in [4.78, 5) is 196. The number of carbonyl (C=O) groups is 14. The highest BCUT2D eigenvalue weighted by molar-refractivity contribution is 7.80. The topological polar surface area (TPSA) is 674 Å². The summed E-state index contributed by atoms with van der Waals surface area (Å²) in [5.74, 6) is -14.0. The predicted octanol–water partition coefficient (Wildman–Crippen LogP) is -10.0. The average Bonchev–Trinajstić information content (AvgIpc) is 1.90. The first kappa shape index (κ1) is 86.3. The van der Waals surface area contributed by atoms with Crippen LogP contribution in [0.25, 0.3) is 0 Å². The van der Waals surface area contributed by atoms with Crippen LogP contribution in [0.15, 0.2) is 9.98 Å². The zero-order valence-corrected chi connectivity index (χ0v) is 56.1. The monoisotopic (exact) mass is 1400 g/mol. The van der Waals surface area contributed by atoms with E-state index in [1.165, 1.54) is 4.90 Å². The lowest BCUT2D eigenvalue weighted by atomic mass is 10.0. The fourth-order valence-corrected chi connectivity index (χ4v) is 9.99. The number of carboxylic acids is 1. The molecule has 31 N–H and O–H groups in total. The van der Waals surface area contributed by atoms with E-state index in [0.29, 0.717) is 32.1 Å². The number of carbonyl (C=O) groups excluding carboxylic acids is 13. The van der Waals surface area contributed by atoms with E-state index in [1.807, 2.05) is 13.8 Å². The van der Waals surface area contributed by atoms with E-state index in [9.17, 15) is 77.3 Å². The fraction of sp³-hybridized carbons (Fsp3) is 0.719. The van der Waals surface area contributed by atoms with Gasteiger partial charge in [-0.3, -0.25) is 72.3 Å². The van der Waals surface area contributed by atoms with Gasteiger partial charge in [0.2, 0.25) is 76.8 Å². The van der Waals surface area contributed by atoms with Gasteiger partial charge in [-0.05, 0) is 128 Å². The van der Waals surface area contributed by atoms with Gasteiger partial charge in [0.05, 0.1) is 32.7 Å². The van der Waals surface area contributed by atoms with E-state index in [0.717, 1.165) is 0 Å². The highest BCUT2D eigenvalue weighted by atomic mass is 32.1. The van der Waals surface area contributed by atoms with E-state index >= 15 is 0 Å². The molecular formula is C57H105N23O16S. The van der Waals surface area contributed by atoms with Crippen LogP contribution < -0.4 is 110 Å². The number of guanidine groups is 2. The van der Waals surface area contributed by atoms with Gasteiger partial charge in [-0.25, -0.2) is 4.79 Å². The third-order valence-electron chi connectivity index (χ3n) is 14.8. The number of aliphatic hydroxyl groups excluding tert-OH is 1. The SMILES string of the molecule is CC(C)C[C@H](NC(=O)CN)C(=O)N[C@@H](CCCCN)C(=O)N[C@@H](CCCCN)C(=O)N[C@@H](CC(N)=O)C(=O)NCC(=O)N[C@@H](CO)C(=O)N[C@@H](CS)C(=O)N[C@@H](CCCCN)C(=O)N[C@@H](CCCN=C(N)N)C(=O)NCC(=O)N1CCC[C@H]1C(=O)N[C@@H](CCCN=C(N)N)C(=O)O. The van der Waals surface area contributed by atoms with Crippen molar-refractivity contribution >= 4 is 107 Å². The molecular weight excluding hydrogens is 1290 g/mol. The highest BCUT2D eigenvalue weighted by Crippen LogP contribution is 2.19. The highest BCUT2D eigenvalue weighted by Gasteiger charge is 2.38. The van der Waals surface area contributed by atoms with Crippen LogP contribution in [-0.2, 0) is 67.1 Å². The number of nitrogens with two attached hydrogens (primary N) is 9. The minimum atomic E-state index is -1.79. The Morgan fingerprint density at radius 3 is 1.32 bits per heavy atom. The van der Waals surface area contributed by atoms with Gasteiger partial charge >= 0.3 is 5.97 Å². The minimum absolute atomic E-state index is 0.00429. The Morgan fingerprint density at radius 1 is 0.485 bits per heavy atom. The number of thiol groups is 1. The van der Waals surface area contributed by atoms with E-state index in [2.05, 4.69) is 81.1 Å². The van der Waals surface area contributed by atoms with Crippen LogP contribution in [0, 0.1) is 5.92 Å². The zero-order chi connectivity index (χ0) is 73.2. The summed E-state index contributed by atoms with van der Waals surface area (Å²) in [6, 6.07) is -14.0. The maximum atomic E-state index is 14.1. The summed E-state index contributed by atoms with van der Waals surface area (Å²) in [6.07, 6.45) is 2.24. The van der Waals surface area contributed by atoms with Gasteiger partial charge in [0.25, 0.3) is 0 Å². The number of hydrogen-bond acceptors (Lipinski definition) is 22. The molecule has 550 valence electrons. The summed E-state index contributed by atoms with van der Waals surface area (Å²) < 4.78 is 0. The van der Waals surface area contributed by atoms with Crippen LogP contribution in [0.4, 0.5) is 0 Å². The van der Waals surface area contributed by atoms with E-state index < -0.39 is 182 Å². The lowest BCUT2D eigenvalue weighted by Gasteiger charge is -2.27. The van der Waals surface area contributed by atoms with Crippen molar-refractivity contribution in [1.29, 1.82) is 0 Å². The van der Waals surface area contributed by atoms with E-state index in [1.54, 1.807) is 0 Å². The first-order valence-electron chi connectivity index (χ1n) is 32.2. The number of hydrogen-bond donors (Lipinski definition) is 23. The molecule has 39 nitrogen and oxygen atoms in total. The number of amides is 13. The van der Waals surface area contributed by atoms with Crippen molar-refractivity contribution < 1.29 is 77.3 Å². The number of aliphatic hydroxyl groups is 1. The molecule has 1 fully saturated rings. The van der Waals surface area contributed by atoms with Crippen molar-refractivity contribution in [2.75, 3.05) is 71.3 Å². The molecule has 1 aliphatic heterocycles. The van der Waals surface area contributed by atoms with Gasteiger partial charge in [0.15, 0.2) is 11.9 Å². The maximum absolute atomic E-state index is 14.1. The van der Waals surface area contributed by atoms with Crippen LogP contribution in [0.2, 0.25) is 0 Å². The number of nitrogens with one attached hydrogen (secondary N) is 11. The van der Waals surface area contributed by atoms with Gasteiger partial charge in [-0.15, -0.1) is 0 Å². The number of likely N-dealkylation sites (tertiary alicyclic amines) is 1. The second-order valence-corrected chi connectivity index (χ2v) is 23.7. The molecule has 0 radical (unpaired) electrons. The third-order valence-corrected chi connectivity index (χ3v) is 15.2. The van der Waals surface area contributed by atoms with Crippen LogP contribution >= 0.6 is 12.6 Å². The van der Waals surface area contributed by atoms with Crippen molar-refractivity contribution in [3.05, 3.63) is 0 Å². The molecule has 1 aliphatic rings.